The Hall–Kier alpha value is -3.50. The monoisotopic (exact) mass is 504 g/mol. The Kier molecular flexibility index (Phi) is 7.38. The molecule has 5 heterocycles. The maximum atomic E-state index is 12.6. The number of hydrogen-bond acceptors (Lipinski definition) is 7. The third-order valence-corrected chi connectivity index (χ3v) is 7.30. The molecule has 0 unspecified atom stereocenters. The van der Waals surface area contributed by atoms with Crippen molar-refractivity contribution in [3.05, 3.63) is 36.7 Å². The molecule has 10 nitrogen and oxygen atoms in total. The number of piperazine rings is 2. The van der Waals surface area contributed by atoms with Crippen LogP contribution in [0.15, 0.2) is 36.7 Å². The van der Waals surface area contributed by atoms with Gasteiger partial charge in [0.15, 0.2) is 0 Å². The molecule has 3 aromatic rings. The van der Waals surface area contributed by atoms with E-state index in [1.54, 1.807) is 13.1 Å². The minimum atomic E-state index is -0.00941. The minimum Gasteiger partial charge on any atom is -0.352 e. The predicted molar refractivity (Wildman–Crippen MR) is 146 cm³/mol. The van der Waals surface area contributed by atoms with Crippen LogP contribution in [0.4, 0.5) is 11.5 Å². The highest BCUT2D eigenvalue weighted by atomic mass is 16.2. The summed E-state index contributed by atoms with van der Waals surface area (Å²) in [7, 11) is 0. The van der Waals surface area contributed by atoms with Crippen LogP contribution in [0.25, 0.3) is 22.3 Å². The number of carbonyl (C=O) groups is 2. The van der Waals surface area contributed by atoms with E-state index in [1.807, 2.05) is 35.4 Å². The molecule has 10 heteroatoms. The van der Waals surface area contributed by atoms with Crippen LogP contribution >= 0.6 is 0 Å². The van der Waals surface area contributed by atoms with Gasteiger partial charge in [-0.2, -0.15) is 0 Å². The van der Waals surface area contributed by atoms with E-state index in [2.05, 4.69) is 44.2 Å². The van der Waals surface area contributed by atoms with Crippen molar-refractivity contribution in [2.24, 2.45) is 0 Å². The van der Waals surface area contributed by atoms with Gasteiger partial charge in [-0.1, -0.05) is 6.07 Å². The van der Waals surface area contributed by atoms with Crippen molar-refractivity contribution in [3.63, 3.8) is 0 Å². The fourth-order valence-corrected chi connectivity index (χ4v) is 5.58. The number of rotatable bonds is 6. The lowest BCUT2D eigenvalue weighted by atomic mass is 10.1. The molecule has 2 fully saturated rings. The Labute approximate surface area is 217 Å². The van der Waals surface area contributed by atoms with Crippen molar-refractivity contribution in [3.8, 4) is 11.3 Å². The number of carbonyl (C=O) groups excluding carboxylic acids is 2. The van der Waals surface area contributed by atoms with Crippen LogP contribution in [0.3, 0.4) is 0 Å². The largest absolute Gasteiger partial charge is 0.352 e. The fraction of sp³-hybridized carbons (Fsp3) is 0.481. The summed E-state index contributed by atoms with van der Waals surface area (Å²) in [6.07, 6.45) is 4.06. The minimum absolute atomic E-state index is 0.00941. The summed E-state index contributed by atoms with van der Waals surface area (Å²) in [4.78, 5) is 43.9. The normalized spacial score (nSPS) is 20.8. The molecule has 3 aromatic heterocycles. The van der Waals surface area contributed by atoms with Gasteiger partial charge >= 0.3 is 0 Å². The third-order valence-electron chi connectivity index (χ3n) is 7.30. The molecule has 0 radical (unpaired) electrons. The zero-order valence-electron chi connectivity index (χ0n) is 21.8. The van der Waals surface area contributed by atoms with Gasteiger partial charge < -0.3 is 30.3 Å². The van der Waals surface area contributed by atoms with Gasteiger partial charge in [-0.05, 0) is 32.0 Å². The smallest absolute Gasteiger partial charge is 0.225 e. The lowest BCUT2D eigenvalue weighted by Crippen LogP contribution is -2.58. The summed E-state index contributed by atoms with van der Waals surface area (Å²) < 4.78 is 0. The standard InChI is InChI=1S/C27H36N8O2/c1-18-16-34(17-19(2)35(18)20(3)36)25-6-4-5-24(32-25)23-15-30-27-22(23)13-21(14-29-27)31-26(37)7-10-33-11-8-28-9-12-33/h4-6,13-15,18-19,28H,7-12,16-17H2,1-3H3,(H,29,30)(H,31,37)/t18-,19+. The zero-order chi connectivity index (χ0) is 25.9. The van der Waals surface area contributed by atoms with Gasteiger partial charge in [0, 0.05) is 88.4 Å². The highest BCUT2D eigenvalue weighted by Crippen LogP contribution is 2.30. The molecule has 2 saturated heterocycles. The van der Waals surface area contributed by atoms with E-state index in [-0.39, 0.29) is 23.9 Å². The molecule has 0 aliphatic carbocycles. The van der Waals surface area contributed by atoms with E-state index in [0.29, 0.717) is 12.1 Å². The summed E-state index contributed by atoms with van der Waals surface area (Å²) in [5.41, 5.74) is 3.20. The molecular formula is C27H36N8O2. The second-order valence-corrected chi connectivity index (χ2v) is 10.1. The first-order valence-corrected chi connectivity index (χ1v) is 13.1. The molecule has 2 aliphatic heterocycles. The molecule has 0 saturated carbocycles. The van der Waals surface area contributed by atoms with Gasteiger partial charge in [-0.25, -0.2) is 9.97 Å². The Morgan fingerprint density at radius 1 is 1.14 bits per heavy atom. The van der Waals surface area contributed by atoms with Crippen molar-refractivity contribution in [2.75, 3.05) is 56.0 Å². The molecule has 2 amide bonds. The van der Waals surface area contributed by atoms with Crippen LogP contribution in [0, 0.1) is 0 Å². The highest BCUT2D eigenvalue weighted by Gasteiger charge is 2.31. The quantitative estimate of drug-likeness (QED) is 0.473. The first kappa shape index (κ1) is 25.2. The summed E-state index contributed by atoms with van der Waals surface area (Å²) in [5.74, 6) is 0.989. The lowest BCUT2D eigenvalue weighted by molar-refractivity contribution is -0.133. The van der Waals surface area contributed by atoms with Gasteiger partial charge in [0.25, 0.3) is 0 Å². The third kappa shape index (κ3) is 5.60. The van der Waals surface area contributed by atoms with Gasteiger partial charge in [-0.3, -0.25) is 9.59 Å². The van der Waals surface area contributed by atoms with Crippen molar-refractivity contribution in [1.29, 1.82) is 0 Å². The van der Waals surface area contributed by atoms with Gasteiger partial charge in [-0.15, -0.1) is 0 Å². The summed E-state index contributed by atoms with van der Waals surface area (Å²) >= 11 is 0. The van der Waals surface area contributed by atoms with Gasteiger partial charge in [0.05, 0.1) is 17.6 Å². The van der Waals surface area contributed by atoms with E-state index < -0.39 is 0 Å². The molecule has 0 bridgehead atoms. The first-order chi connectivity index (χ1) is 17.9. The Balaban J connectivity index is 1.31. The van der Waals surface area contributed by atoms with Crippen molar-refractivity contribution in [1.82, 2.24) is 30.1 Å². The van der Waals surface area contributed by atoms with Crippen LogP contribution < -0.4 is 15.5 Å². The second kappa shape index (κ2) is 10.9. The number of aromatic amines is 1. The van der Waals surface area contributed by atoms with E-state index in [1.165, 1.54) is 0 Å². The highest BCUT2D eigenvalue weighted by molar-refractivity contribution is 5.97. The van der Waals surface area contributed by atoms with Crippen molar-refractivity contribution >= 4 is 34.4 Å². The number of nitrogens with one attached hydrogen (secondary N) is 3. The summed E-state index contributed by atoms with van der Waals surface area (Å²) in [6, 6.07) is 8.20. The molecule has 0 spiro atoms. The molecule has 37 heavy (non-hydrogen) atoms. The maximum absolute atomic E-state index is 12.6. The molecular weight excluding hydrogens is 468 g/mol. The molecule has 196 valence electrons. The lowest BCUT2D eigenvalue weighted by Gasteiger charge is -2.44. The number of aromatic nitrogens is 3. The number of nitrogens with zero attached hydrogens (tertiary/aromatic N) is 5. The summed E-state index contributed by atoms with van der Waals surface area (Å²) in [5, 5.41) is 7.25. The van der Waals surface area contributed by atoms with E-state index in [4.69, 9.17) is 4.98 Å². The Morgan fingerprint density at radius 2 is 1.89 bits per heavy atom. The molecule has 5 rings (SSSR count). The number of anilines is 2. The van der Waals surface area contributed by atoms with E-state index in [0.717, 1.165) is 73.9 Å². The van der Waals surface area contributed by atoms with Crippen LogP contribution in [0.5, 0.6) is 0 Å². The Bertz CT molecular complexity index is 1260. The molecule has 2 atom stereocenters. The van der Waals surface area contributed by atoms with Gasteiger partial charge in [0.2, 0.25) is 11.8 Å². The zero-order valence-corrected chi connectivity index (χ0v) is 21.8. The van der Waals surface area contributed by atoms with E-state index in [9.17, 15) is 9.59 Å². The van der Waals surface area contributed by atoms with Crippen LogP contribution in [-0.2, 0) is 9.59 Å². The average Bonchev–Trinajstić information content (AvgIpc) is 3.31. The number of H-pyrrole nitrogens is 1. The average molecular weight is 505 g/mol. The first-order valence-electron chi connectivity index (χ1n) is 13.1. The fourth-order valence-electron chi connectivity index (χ4n) is 5.58. The maximum Gasteiger partial charge on any atom is 0.225 e. The Morgan fingerprint density at radius 3 is 2.62 bits per heavy atom. The number of amides is 2. The second-order valence-electron chi connectivity index (χ2n) is 10.1. The molecule has 2 aliphatic rings. The molecule has 0 aromatic carbocycles. The number of hydrogen-bond donors (Lipinski definition) is 3. The number of pyridine rings is 2. The van der Waals surface area contributed by atoms with Crippen LogP contribution in [0.1, 0.15) is 27.2 Å². The van der Waals surface area contributed by atoms with Crippen molar-refractivity contribution < 1.29 is 9.59 Å². The van der Waals surface area contributed by atoms with E-state index >= 15 is 0 Å². The van der Waals surface area contributed by atoms with Gasteiger partial charge in [0.1, 0.15) is 11.5 Å². The van der Waals surface area contributed by atoms with Crippen LogP contribution in [0.2, 0.25) is 0 Å². The topological polar surface area (TPSA) is 109 Å². The van der Waals surface area contributed by atoms with Crippen molar-refractivity contribution in [2.45, 2.75) is 39.3 Å². The van der Waals surface area contributed by atoms with Crippen LogP contribution in [-0.4, -0.2) is 94.5 Å². The number of fused-ring (bicyclic) bond motifs is 1. The SMILES string of the molecule is CC(=O)N1[C@H](C)CN(c2cccc(-c3c[nH]c4ncc(NC(=O)CCN5CCNCC5)cc34)n2)C[C@@H]1C. The molecule has 3 N–H and O–H groups in total. The predicted octanol–water partition coefficient (Wildman–Crippen LogP) is 2.30. The summed E-state index contributed by atoms with van der Waals surface area (Å²) in [6.45, 7) is 11.9.